The maximum Gasteiger partial charge on any atom is 0.217 e. The number of benzene rings is 2. The van der Waals surface area contributed by atoms with Crippen molar-refractivity contribution in [2.24, 2.45) is 0 Å². The van der Waals surface area contributed by atoms with Crippen molar-refractivity contribution in [3.63, 3.8) is 0 Å². The van der Waals surface area contributed by atoms with Crippen LogP contribution in [0.25, 0.3) is 0 Å². The van der Waals surface area contributed by atoms with Gasteiger partial charge in [0, 0.05) is 30.6 Å². The van der Waals surface area contributed by atoms with E-state index in [1.807, 2.05) is 24.3 Å². The van der Waals surface area contributed by atoms with Crippen LogP contribution >= 0.6 is 0 Å². The van der Waals surface area contributed by atoms with Crippen molar-refractivity contribution in [1.29, 1.82) is 0 Å². The summed E-state index contributed by atoms with van der Waals surface area (Å²) < 4.78 is 27.2. The molecule has 0 aromatic heterocycles. The molecule has 0 spiro atoms. The van der Waals surface area contributed by atoms with Crippen LogP contribution < -0.4 is 10.6 Å². The van der Waals surface area contributed by atoms with Gasteiger partial charge in [0.1, 0.15) is 11.6 Å². The number of aliphatic hydroxyl groups excluding tert-OH is 1. The molecule has 1 saturated carbocycles. The number of amides is 1. The second kappa shape index (κ2) is 10.7. The Morgan fingerprint density at radius 1 is 1.16 bits per heavy atom. The maximum absolute atomic E-state index is 13.6. The highest BCUT2D eigenvalue weighted by Gasteiger charge is 2.35. The minimum atomic E-state index is -0.958. The summed E-state index contributed by atoms with van der Waals surface area (Å²) in [6, 6.07) is 10.4. The first-order valence-electron chi connectivity index (χ1n) is 11.0. The SMILES string of the molecule is C#Cc1cccc(C2(NC[C@@H](O)C(Cc3cc(F)cc(F)c3)NC(C)=O)CCCCC2)c1. The summed E-state index contributed by atoms with van der Waals surface area (Å²) in [5.74, 6) is 0.977. The zero-order valence-electron chi connectivity index (χ0n) is 18.3. The smallest absolute Gasteiger partial charge is 0.217 e. The number of aliphatic hydroxyl groups is 1. The fourth-order valence-corrected chi connectivity index (χ4v) is 4.60. The molecule has 3 rings (SSSR count). The van der Waals surface area contributed by atoms with Crippen LogP contribution in [0.1, 0.15) is 55.7 Å². The Bertz CT molecular complexity index is 960. The second-order valence-corrected chi connectivity index (χ2v) is 8.60. The normalized spacial score (nSPS) is 17.2. The summed E-state index contributed by atoms with van der Waals surface area (Å²) in [6.45, 7) is 1.57. The lowest BCUT2D eigenvalue weighted by Gasteiger charge is -2.40. The van der Waals surface area contributed by atoms with Gasteiger partial charge in [-0.25, -0.2) is 8.78 Å². The maximum atomic E-state index is 13.6. The zero-order chi connectivity index (χ0) is 23.1. The van der Waals surface area contributed by atoms with E-state index in [4.69, 9.17) is 6.42 Å². The Kier molecular flexibility index (Phi) is 8.00. The van der Waals surface area contributed by atoms with Crippen molar-refractivity contribution in [2.75, 3.05) is 6.54 Å². The average molecular weight is 441 g/mol. The number of terminal acetylenes is 1. The van der Waals surface area contributed by atoms with Crippen LogP contribution in [-0.4, -0.2) is 29.7 Å². The van der Waals surface area contributed by atoms with Gasteiger partial charge >= 0.3 is 0 Å². The minimum Gasteiger partial charge on any atom is -0.390 e. The summed E-state index contributed by atoms with van der Waals surface area (Å²) in [5, 5.41) is 17.2. The number of rotatable bonds is 8. The van der Waals surface area contributed by atoms with E-state index in [2.05, 4.69) is 16.6 Å². The number of halogens is 2. The minimum absolute atomic E-state index is 0.108. The van der Waals surface area contributed by atoms with Gasteiger partial charge in [-0.05, 0) is 54.7 Å². The second-order valence-electron chi connectivity index (χ2n) is 8.60. The molecule has 6 heteroatoms. The molecule has 32 heavy (non-hydrogen) atoms. The van der Waals surface area contributed by atoms with E-state index in [9.17, 15) is 18.7 Å². The molecular formula is C26H30F2N2O2. The van der Waals surface area contributed by atoms with Crippen molar-refractivity contribution in [3.05, 3.63) is 70.8 Å². The molecule has 0 heterocycles. The third-order valence-electron chi connectivity index (χ3n) is 6.17. The predicted octanol–water partition coefficient (Wildman–Crippen LogP) is 3.80. The Morgan fingerprint density at radius 3 is 2.47 bits per heavy atom. The van der Waals surface area contributed by atoms with Crippen LogP contribution in [0.5, 0.6) is 0 Å². The fourth-order valence-electron chi connectivity index (χ4n) is 4.60. The first kappa shape index (κ1) is 23.9. The first-order valence-corrected chi connectivity index (χ1v) is 11.0. The highest BCUT2D eigenvalue weighted by atomic mass is 19.1. The summed E-state index contributed by atoms with van der Waals surface area (Å²) in [6.07, 6.45) is 9.83. The average Bonchev–Trinajstić information content (AvgIpc) is 2.76. The number of hydrogen-bond acceptors (Lipinski definition) is 3. The molecule has 2 aromatic carbocycles. The van der Waals surface area contributed by atoms with Gasteiger partial charge in [-0.2, -0.15) is 0 Å². The van der Waals surface area contributed by atoms with Crippen LogP contribution in [0.3, 0.4) is 0 Å². The largest absolute Gasteiger partial charge is 0.390 e. The molecule has 0 radical (unpaired) electrons. The van der Waals surface area contributed by atoms with E-state index < -0.39 is 23.8 Å². The molecule has 0 bridgehead atoms. The summed E-state index contributed by atoms with van der Waals surface area (Å²) in [7, 11) is 0. The lowest BCUT2D eigenvalue weighted by molar-refractivity contribution is -0.120. The highest BCUT2D eigenvalue weighted by Crippen LogP contribution is 2.37. The van der Waals surface area contributed by atoms with Gasteiger partial charge in [0.05, 0.1) is 12.1 Å². The topological polar surface area (TPSA) is 61.4 Å². The molecule has 4 nitrogen and oxygen atoms in total. The molecule has 1 aliphatic rings. The van der Waals surface area contributed by atoms with Crippen LogP contribution in [0.15, 0.2) is 42.5 Å². The Hall–Kier alpha value is -2.75. The molecule has 1 unspecified atom stereocenters. The molecule has 170 valence electrons. The van der Waals surface area contributed by atoms with Crippen LogP contribution in [-0.2, 0) is 16.8 Å². The van der Waals surface area contributed by atoms with Gasteiger partial charge in [0.25, 0.3) is 0 Å². The van der Waals surface area contributed by atoms with Gasteiger partial charge in [-0.15, -0.1) is 6.42 Å². The van der Waals surface area contributed by atoms with Crippen molar-refractivity contribution >= 4 is 5.91 Å². The Morgan fingerprint density at radius 2 is 1.84 bits per heavy atom. The summed E-state index contributed by atoms with van der Waals surface area (Å²) in [4.78, 5) is 11.7. The van der Waals surface area contributed by atoms with E-state index in [0.717, 1.165) is 49.3 Å². The first-order chi connectivity index (χ1) is 15.3. The fraction of sp³-hybridized carbons (Fsp3) is 0.423. The molecule has 0 aliphatic heterocycles. The quantitative estimate of drug-likeness (QED) is 0.547. The van der Waals surface area contributed by atoms with E-state index in [-0.39, 0.29) is 24.4 Å². The molecule has 2 atom stereocenters. The van der Waals surface area contributed by atoms with E-state index in [0.29, 0.717) is 5.56 Å². The van der Waals surface area contributed by atoms with Gasteiger partial charge < -0.3 is 15.7 Å². The molecule has 1 aliphatic carbocycles. The van der Waals surface area contributed by atoms with Crippen LogP contribution in [0, 0.1) is 24.0 Å². The summed E-state index contributed by atoms with van der Waals surface area (Å²) >= 11 is 0. The molecule has 1 amide bonds. The van der Waals surface area contributed by atoms with Gasteiger partial charge in [-0.3, -0.25) is 4.79 Å². The Balaban J connectivity index is 1.78. The van der Waals surface area contributed by atoms with Crippen molar-refractivity contribution in [3.8, 4) is 12.3 Å². The van der Waals surface area contributed by atoms with Crippen molar-refractivity contribution in [2.45, 2.75) is 63.1 Å². The van der Waals surface area contributed by atoms with E-state index >= 15 is 0 Å². The standard InChI is InChI=1S/C26H30F2N2O2/c1-3-19-8-7-9-21(12-19)26(10-5-4-6-11-26)29-17-25(32)24(30-18(2)31)15-20-13-22(27)16-23(28)14-20/h1,7-9,12-14,16,24-25,29,32H,4-6,10-11,15,17H2,2H3,(H,30,31)/t24?,25-/m1/s1. The highest BCUT2D eigenvalue weighted by molar-refractivity contribution is 5.73. The van der Waals surface area contributed by atoms with Gasteiger partial charge in [0.2, 0.25) is 5.91 Å². The molecular weight excluding hydrogens is 410 g/mol. The van der Waals surface area contributed by atoms with Gasteiger partial charge in [0.15, 0.2) is 0 Å². The van der Waals surface area contributed by atoms with E-state index in [1.165, 1.54) is 19.1 Å². The zero-order valence-corrected chi connectivity index (χ0v) is 18.3. The third kappa shape index (κ3) is 6.15. The van der Waals surface area contributed by atoms with Gasteiger partial charge in [-0.1, -0.05) is 37.3 Å². The lowest BCUT2D eigenvalue weighted by atomic mass is 9.76. The number of nitrogens with one attached hydrogen (secondary N) is 2. The molecule has 1 fully saturated rings. The van der Waals surface area contributed by atoms with Crippen LogP contribution in [0.4, 0.5) is 8.78 Å². The number of hydrogen-bond donors (Lipinski definition) is 3. The number of carbonyl (C=O) groups excluding carboxylic acids is 1. The molecule has 0 saturated heterocycles. The van der Waals surface area contributed by atoms with Crippen molar-refractivity contribution < 1.29 is 18.7 Å². The molecule has 2 aromatic rings. The lowest BCUT2D eigenvalue weighted by Crippen LogP contribution is -2.53. The number of carbonyl (C=O) groups is 1. The third-order valence-corrected chi connectivity index (χ3v) is 6.17. The predicted molar refractivity (Wildman–Crippen MR) is 121 cm³/mol. The van der Waals surface area contributed by atoms with Crippen molar-refractivity contribution in [1.82, 2.24) is 10.6 Å². The molecule has 3 N–H and O–H groups in total. The summed E-state index contributed by atoms with van der Waals surface area (Å²) in [5.41, 5.74) is 1.94. The van der Waals surface area contributed by atoms with Crippen LogP contribution in [0.2, 0.25) is 0 Å². The Labute approximate surface area is 188 Å². The monoisotopic (exact) mass is 440 g/mol. The van der Waals surface area contributed by atoms with E-state index in [1.54, 1.807) is 0 Å².